The van der Waals surface area contributed by atoms with Crippen molar-refractivity contribution in [2.24, 2.45) is 0 Å². The largest absolute Gasteiger partial charge is 0.378 e. The quantitative estimate of drug-likeness (QED) is 0.794. The van der Waals surface area contributed by atoms with E-state index in [2.05, 4.69) is 19.0 Å². The van der Waals surface area contributed by atoms with E-state index in [0.29, 0.717) is 11.1 Å². The number of hydrogen-bond donors (Lipinski definition) is 1. The van der Waals surface area contributed by atoms with E-state index in [9.17, 15) is 4.79 Å². The van der Waals surface area contributed by atoms with Crippen LogP contribution in [0.4, 0.5) is 11.4 Å². The summed E-state index contributed by atoms with van der Waals surface area (Å²) < 4.78 is 13.8. The second-order valence-electron chi connectivity index (χ2n) is 5.54. The number of hydrogen-bond acceptors (Lipinski definition) is 6. The summed E-state index contributed by atoms with van der Waals surface area (Å²) >= 11 is 1.11. The van der Waals surface area contributed by atoms with E-state index in [4.69, 9.17) is 4.74 Å². The van der Waals surface area contributed by atoms with Crippen LogP contribution in [0.5, 0.6) is 0 Å². The normalized spacial score (nSPS) is 14.8. The van der Waals surface area contributed by atoms with Crippen LogP contribution in [-0.2, 0) is 4.74 Å². The van der Waals surface area contributed by atoms with E-state index in [1.807, 2.05) is 36.4 Å². The van der Waals surface area contributed by atoms with E-state index >= 15 is 0 Å². The molecule has 0 bridgehead atoms. The van der Waals surface area contributed by atoms with Gasteiger partial charge in [0.2, 0.25) is 0 Å². The van der Waals surface area contributed by atoms with Gasteiger partial charge in [0.25, 0.3) is 5.91 Å². The molecule has 0 atom stereocenters. The molecule has 0 aliphatic carbocycles. The lowest BCUT2D eigenvalue weighted by Crippen LogP contribution is -2.36. The predicted octanol–water partition coefficient (Wildman–Crippen LogP) is 2.78. The highest BCUT2D eigenvalue weighted by Gasteiger charge is 2.15. The molecule has 1 amide bonds. The van der Waals surface area contributed by atoms with Gasteiger partial charge in [0.1, 0.15) is 11.0 Å². The van der Waals surface area contributed by atoms with E-state index in [1.54, 1.807) is 6.07 Å². The SMILES string of the molecule is O=C(Nc1cccc(N2CCOCC2)c1)c1cccc2nsnc12. The summed E-state index contributed by atoms with van der Waals surface area (Å²) in [5, 5.41) is 2.96. The molecule has 1 aromatic heterocycles. The van der Waals surface area contributed by atoms with Crippen LogP contribution in [0.25, 0.3) is 11.0 Å². The van der Waals surface area contributed by atoms with Crippen LogP contribution in [-0.4, -0.2) is 41.0 Å². The van der Waals surface area contributed by atoms with Crippen molar-refractivity contribution in [2.75, 3.05) is 36.5 Å². The molecular weight excluding hydrogens is 324 g/mol. The first kappa shape index (κ1) is 15.0. The fourth-order valence-electron chi connectivity index (χ4n) is 2.79. The Morgan fingerprint density at radius 2 is 1.96 bits per heavy atom. The number of benzene rings is 2. The molecule has 0 unspecified atom stereocenters. The maximum atomic E-state index is 12.6. The van der Waals surface area contributed by atoms with Gasteiger partial charge in [0, 0.05) is 24.5 Å². The lowest BCUT2D eigenvalue weighted by molar-refractivity contribution is 0.102. The first-order chi connectivity index (χ1) is 11.8. The average molecular weight is 340 g/mol. The van der Waals surface area contributed by atoms with Gasteiger partial charge in [-0.25, -0.2) is 0 Å². The average Bonchev–Trinajstić information content (AvgIpc) is 3.11. The Hall–Kier alpha value is -2.51. The van der Waals surface area contributed by atoms with E-state index in [1.165, 1.54) is 0 Å². The van der Waals surface area contributed by atoms with Crippen molar-refractivity contribution in [3.05, 3.63) is 48.0 Å². The zero-order valence-electron chi connectivity index (χ0n) is 12.9. The number of nitrogens with zero attached hydrogens (tertiary/aromatic N) is 3. The number of nitrogens with one attached hydrogen (secondary N) is 1. The molecule has 7 heteroatoms. The van der Waals surface area contributed by atoms with Gasteiger partial charge in [-0.1, -0.05) is 12.1 Å². The molecule has 1 fully saturated rings. The van der Waals surface area contributed by atoms with Crippen LogP contribution in [0, 0.1) is 0 Å². The predicted molar refractivity (Wildman–Crippen MR) is 94.8 cm³/mol. The summed E-state index contributed by atoms with van der Waals surface area (Å²) in [5.41, 5.74) is 3.78. The molecule has 1 aliphatic heterocycles. The minimum atomic E-state index is -0.174. The number of fused-ring (bicyclic) bond motifs is 1. The molecule has 3 aromatic rings. The minimum Gasteiger partial charge on any atom is -0.378 e. The third kappa shape index (κ3) is 2.95. The molecule has 1 aliphatic rings. The van der Waals surface area contributed by atoms with Gasteiger partial charge >= 0.3 is 0 Å². The second-order valence-corrected chi connectivity index (χ2v) is 6.07. The number of aromatic nitrogens is 2. The van der Waals surface area contributed by atoms with Crippen LogP contribution in [0.2, 0.25) is 0 Å². The third-order valence-electron chi connectivity index (χ3n) is 4.01. The maximum Gasteiger partial charge on any atom is 0.257 e. The van der Waals surface area contributed by atoms with Gasteiger partial charge < -0.3 is 15.0 Å². The van der Waals surface area contributed by atoms with Crippen molar-refractivity contribution < 1.29 is 9.53 Å². The highest BCUT2D eigenvalue weighted by molar-refractivity contribution is 7.00. The van der Waals surface area contributed by atoms with Gasteiger partial charge in [0.15, 0.2) is 0 Å². The lowest BCUT2D eigenvalue weighted by atomic mass is 10.1. The van der Waals surface area contributed by atoms with Crippen molar-refractivity contribution in [3.8, 4) is 0 Å². The monoisotopic (exact) mass is 340 g/mol. The zero-order valence-corrected chi connectivity index (χ0v) is 13.8. The molecular formula is C17H16N4O2S. The van der Waals surface area contributed by atoms with E-state index in [-0.39, 0.29) is 5.91 Å². The summed E-state index contributed by atoms with van der Waals surface area (Å²) in [7, 11) is 0. The highest BCUT2D eigenvalue weighted by Crippen LogP contribution is 2.22. The molecule has 6 nitrogen and oxygen atoms in total. The number of morpholine rings is 1. The molecule has 4 rings (SSSR count). The Morgan fingerprint density at radius 1 is 1.12 bits per heavy atom. The summed E-state index contributed by atoms with van der Waals surface area (Å²) in [6.45, 7) is 3.19. The number of carbonyl (C=O) groups excluding carboxylic acids is 1. The Kier molecular flexibility index (Phi) is 4.10. The number of rotatable bonds is 3. The molecule has 0 radical (unpaired) electrons. The fraction of sp³-hybridized carbons (Fsp3) is 0.235. The first-order valence-electron chi connectivity index (χ1n) is 7.77. The van der Waals surface area contributed by atoms with E-state index < -0.39 is 0 Å². The topological polar surface area (TPSA) is 67.4 Å². The fourth-order valence-corrected chi connectivity index (χ4v) is 3.34. The van der Waals surface area contributed by atoms with Gasteiger partial charge in [-0.2, -0.15) is 8.75 Å². The van der Waals surface area contributed by atoms with Gasteiger partial charge in [-0.05, 0) is 30.3 Å². The molecule has 1 saturated heterocycles. The molecule has 2 heterocycles. The Balaban J connectivity index is 1.56. The smallest absolute Gasteiger partial charge is 0.257 e. The van der Waals surface area contributed by atoms with Gasteiger partial charge in [-0.15, -0.1) is 0 Å². The Labute approximate surface area is 143 Å². The summed E-state index contributed by atoms with van der Waals surface area (Å²) in [6, 6.07) is 13.3. The van der Waals surface area contributed by atoms with Crippen molar-refractivity contribution in [3.63, 3.8) is 0 Å². The van der Waals surface area contributed by atoms with Crippen LogP contribution < -0.4 is 10.2 Å². The van der Waals surface area contributed by atoms with Crippen molar-refractivity contribution in [2.45, 2.75) is 0 Å². The summed E-state index contributed by atoms with van der Waals surface area (Å²) in [6.07, 6.45) is 0. The third-order valence-corrected chi connectivity index (χ3v) is 4.55. The number of anilines is 2. The van der Waals surface area contributed by atoms with E-state index in [0.717, 1.165) is 54.9 Å². The van der Waals surface area contributed by atoms with Gasteiger partial charge in [0.05, 0.1) is 30.5 Å². The number of ether oxygens (including phenoxy) is 1. The summed E-state index contributed by atoms with van der Waals surface area (Å²) in [4.78, 5) is 14.9. The highest BCUT2D eigenvalue weighted by atomic mass is 32.1. The van der Waals surface area contributed by atoms with Crippen LogP contribution >= 0.6 is 11.7 Å². The van der Waals surface area contributed by atoms with Crippen LogP contribution in [0.1, 0.15) is 10.4 Å². The molecule has 0 spiro atoms. The lowest BCUT2D eigenvalue weighted by Gasteiger charge is -2.29. The molecule has 122 valence electrons. The molecule has 0 saturated carbocycles. The Bertz CT molecular complexity index is 874. The molecule has 24 heavy (non-hydrogen) atoms. The van der Waals surface area contributed by atoms with Gasteiger partial charge in [-0.3, -0.25) is 4.79 Å². The van der Waals surface area contributed by atoms with Crippen molar-refractivity contribution in [1.29, 1.82) is 0 Å². The zero-order chi connectivity index (χ0) is 16.4. The maximum absolute atomic E-state index is 12.6. The molecule has 2 aromatic carbocycles. The standard InChI is InChI=1S/C17H16N4O2S/c22-17(14-5-2-6-15-16(14)20-24-19-15)18-12-3-1-4-13(11-12)21-7-9-23-10-8-21/h1-6,11H,7-10H2,(H,18,22). The first-order valence-corrected chi connectivity index (χ1v) is 8.50. The minimum absolute atomic E-state index is 0.174. The number of amides is 1. The second kappa shape index (κ2) is 6.54. The Morgan fingerprint density at radius 3 is 2.83 bits per heavy atom. The summed E-state index contributed by atoms with van der Waals surface area (Å²) in [5.74, 6) is -0.174. The van der Waals surface area contributed by atoms with Crippen molar-refractivity contribution in [1.82, 2.24) is 8.75 Å². The van der Waals surface area contributed by atoms with Crippen molar-refractivity contribution >= 4 is 40.0 Å². The van der Waals surface area contributed by atoms with Crippen LogP contribution in [0.3, 0.4) is 0 Å². The molecule has 1 N–H and O–H groups in total. The van der Waals surface area contributed by atoms with Crippen LogP contribution in [0.15, 0.2) is 42.5 Å². The number of carbonyl (C=O) groups is 1.